The van der Waals surface area contributed by atoms with Crippen LogP contribution in [0.1, 0.15) is 18.9 Å². The fourth-order valence-electron chi connectivity index (χ4n) is 1.32. The third kappa shape index (κ3) is 5.11. The summed E-state index contributed by atoms with van der Waals surface area (Å²) in [6.07, 6.45) is 1.06. The van der Waals surface area contributed by atoms with Gasteiger partial charge < -0.3 is 5.32 Å². The van der Waals surface area contributed by atoms with Crippen LogP contribution in [0.25, 0.3) is 0 Å². The molecule has 1 aromatic carbocycles. The van der Waals surface area contributed by atoms with Crippen LogP contribution in [-0.4, -0.2) is 15.0 Å². The molecule has 0 aromatic heterocycles. The summed E-state index contributed by atoms with van der Waals surface area (Å²) in [4.78, 5) is 0. The molecule has 4 N–H and O–H groups in total. The zero-order valence-corrected chi connectivity index (χ0v) is 10.0. The van der Waals surface area contributed by atoms with Crippen LogP contribution in [0.5, 0.6) is 0 Å². The van der Waals surface area contributed by atoms with E-state index in [2.05, 4.69) is 17.0 Å². The molecule has 0 bridgehead atoms. The van der Waals surface area contributed by atoms with Crippen molar-refractivity contribution in [1.82, 2.24) is 5.32 Å². The standard InChI is InChI=1S/C10H17N3O2S/c1-2-6-12-8-9-4-3-5-10(7-9)13-16(11,14)15/h3-5,7,12-13H,2,6,8H2,1H3,(H2,11,14,15). The minimum atomic E-state index is -3.69. The van der Waals surface area contributed by atoms with Gasteiger partial charge in [-0.25, -0.2) is 5.14 Å². The molecule has 1 aromatic rings. The maximum absolute atomic E-state index is 10.8. The Bertz CT molecular complexity index is 431. The molecule has 1 rings (SSSR count). The molecule has 0 unspecified atom stereocenters. The number of benzene rings is 1. The van der Waals surface area contributed by atoms with E-state index in [0.717, 1.165) is 18.5 Å². The van der Waals surface area contributed by atoms with E-state index in [0.29, 0.717) is 12.2 Å². The Kier molecular flexibility index (Phi) is 4.72. The molecule has 0 heterocycles. The highest BCUT2D eigenvalue weighted by Crippen LogP contribution is 2.11. The first-order valence-electron chi connectivity index (χ1n) is 5.11. The third-order valence-electron chi connectivity index (χ3n) is 1.94. The van der Waals surface area contributed by atoms with Gasteiger partial charge in [0.1, 0.15) is 0 Å². The van der Waals surface area contributed by atoms with Gasteiger partial charge in [0, 0.05) is 6.54 Å². The van der Waals surface area contributed by atoms with Gasteiger partial charge in [-0.15, -0.1) is 0 Å². The zero-order valence-electron chi connectivity index (χ0n) is 9.23. The highest BCUT2D eigenvalue weighted by molar-refractivity contribution is 7.90. The molecule has 0 aliphatic heterocycles. The lowest BCUT2D eigenvalue weighted by atomic mass is 10.2. The second kappa shape index (κ2) is 5.83. The van der Waals surface area contributed by atoms with E-state index in [1.165, 1.54) is 0 Å². The van der Waals surface area contributed by atoms with Gasteiger partial charge in [0.2, 0.25) is 0 Å². The van der Waals surface area contributed by atoms with Crippen molar-refractivity contribution in [3.8, 4) is 0 Å². The van der Waals surface area contributed by atoms with Gasteiger partial charge in [-0.2, -0.15) is 8.42 Å². The van der Waals surface area contributed by atoms with E-state index in [9.17, 15) is 8.42 Å². The van der Waals surface area contributed by atoms with E-state index in [-0.39, 0.29) is 0 Å². The summed E-state index contributed by atoms with van der Waals surface area (Å²) in [6.45, 7) is 3.74. The van der Waals surface area contributed by atoms with Gasteiger partial charge in [-0.3, -0.25) is 4.72 Å². The predicted molar refractivity (Wildman–Crippen MR) is 65.2 cm³/mol. The number of hydrogen-bond donors (Lipinski definition) is 3. The first-order chi connectivity index (χ1) is 7.51. The van der Waals surface area contributed by atoms with Crippen molar-refractivity contribution in [2.45, 2.75) is 19.9 Å². The minimum Gasteiger partial charge on any atom is -0.313 e. The second-order valence-corrected chi connectivity index (χ2v) is 4.82. The molecule has 0 amide bonds. The molecular weight excluding hydrogens is 226 g/mol. The lowest BCUT2D eigenvalue weighted by molar-refractivity contribution is 0.603. The minimum absolute atomic E-state index is 0.485. The van der Waals surface area contributed by atoms with Gasteiger partial charge in [0.15, 0.2) is 0 Å². The molecule has 0 saturated carbocycles. The predicted octanol–water partition coefficient (Wildman–Crippen LogP) is 0.802. The molecule has 6 heteroatoms. The molecule has 0 atom stereocenters. The van der Waals surface area contributed by atoms with Gasteiger partial charge >= 0.3 is 0 Å². The van der Waals surface area contributed by atoms with E-state index in [1.54, 1.807) is 18.2 Å². The first kappa shape index (κ1) is 13.0. The van der Waals surface area contributed by atoms with Gasteiger partial charge in [-0.1, -0.05) is 19.1 Å². The summed E-state index contributed by atoms with van der Waals surface area (Å²) in [5, 5.41) is 8.12. The van der Waals surface area contributed by atoms with Gasteiger partial charge in [0.05, 0.1) is 5.69 Å². The van der Waals surface area contributed by atoms with Crippen molar-refractivity contribution in [3.05, 3.63) is 29.8 Å². The molecule has 0 saturated heterocycles. The lowest BCUT2D eigenvalue weighted by Gasteiger charge is -2.07. The monoisotopic (exact) mass is 243 g/mol. The molecule has 0 radical (unpaired) electrons. The normalized spacial score (nSPS) is 11.4. The summed E-state index contributed by atoms with van der Waals surface area (Å²) in [5.74, 6) is 0. The average molecular weight is 243 g/mol. The Morgan fingerprint density at radius 1 is 1.38 bits per heavy atom. The van der Waals surface area contributed by atoms with Crippen LogP contribution >= 0.6 is 0 Å². The van der Waals surface area contributed by atoms with Crippen LogP contribution in [0.2, 0.25) is 0 Å². The van der Waals surface area contributed by atoms with Gasteiger partial charge in [0.25, 0.3) is 10.2 Å². The summed E-state index contributed by atoms with van der Waals surface area (Å²) in [7, 11) is -3.69. The smallest absolute Gasteiger partial charge is 0.296 e. The largest absolute Gasteiger partial charge is 0.313 e. The zero-order chi connectivity index (χ0) is 12.0. The maximum Gasteiger partial charge on any atom is 0.296 e. The Morgan fingerprint density at radius 2 is 2.12 bits per heavy atom. The van der Waals surface area contributed by atoms with Crippen molar-refractivity contribution in [2.24, 2.45) is 5.14 Å². The maximum atomic E-state index is 10.8. The van der Waals surface area contributed by atoms with Crippen LogP contribution in [0.3, 0.4) is 0 Å². The third-order valence-corrected chi connectivity index (χ3v) is 2.46. The van der Waals surface area contributed by atoms with E-state index in [1.807, 2.05) is 6.07 Å². The Balaban J connectivity index is 2.64. The quantitative estimate of drug-likeness (QED) is 0.646. The number of nitrogens with one attached hydrogen (secondary N) is 2. The van der Waals surface area contributed by atoms with Crippen LogP contribution in [-0.2, 0) is 16.8 Å². The van der Waals surface area contributed by atoms with E-state index in [4.69, 9.17) is 5.14 Å². The van der Waals surface area contributed by atoms with Crippen LogP contribution in [0.15, 0.2) is 24.3 Å². The summed E-state index contributed by atoms with van der Waals surface area (Å²) in [5.41, 5.74) is 1.50. The number of nitrogens with two attached hydrogens (primary N) is 1. The SMILES string of the molecule is CCCNCc1cccc(NS(N)(=O)=O)c1. The Hall–Kier alpha value is -1.11. The van der Waals surface area contributed by atoms with Crippen LogP contribution in [0.4, 0.5) is 5.69 Å². The van der Waals surface area contributed by atoms with E-state index < -0.39 is 10.2 Å². The van der Waals surface area contributed by atoms with Crippen molar-refractivity contribution in [1.29, 1.82) is 0 Å². The molecule has 0 fully saturated rings. The number of anilines is 1. The molecule has 0 aliphatic rings. The fourth-order valence-corrected chi connectivity index (χ4v) is 1.77. The number of hydrogen-bond acceptors (Lipinski definition) is 3. The highest BCUT2D eigenvalue weighted by atomic mass is 32.2. The second-order valence-electron chi connectivity index (χ2n) is 3.52. The average Bonchev–Trinajstić information content (AvgIpc) is 2.16. The van der Waals surface area contributed by atoms with Crippen molar-refractivity contribution in [2.75, 3.05) is 11.3 Å². The van der Waals surface area contributed by atoms with Crippen molar-refractivity contribution in [3.63, 3.8) is 0 Å². The summed E-state index contributed by atoms with van der Waals surface area (Å²) < 4.78 is 23.9. The van der Waals surface area contributed by atoms with Crippen molar-refractivity contribution >= 4 is 15.9 Å². The molecule has 0 aliphatic carbocycles. The highest BCUT2D eigenvalue weighted by Gasteiger charge is 2.02. The van der Waals surface area contributed by atoms with E-state index >= 15 is 0 Å². The Labute approximate surface area is 96.2 Å². The molecular formula is C10H17N3O2S. The molecule has 0 spiro atoms. The summed E-state index contributed by atoms with van der Waals surface area (Å²) in [6, 6.07) is 7.13. The van der Waals surface area contributed by atoms with Crippen LogP contribution < -0.4 is 15.2 Å². The molecule has 90 valence electrons. The Morgan fingerprint density at radius 3 is 2.75 bits per heavy atom. The van der Waals surface area contributed by atoms with Gasteiger partial charge in [-0.05, 0) is 30.7 Å². The topological polar surface area (TPSA) is 84.2 Å². The fraction of sp³-hybridized carbons (Fsp3) is 0.400. The van der Waals surface area contributed by atoms with Crippen LogP contribution in [0, 0.1) is 0 Å². The molecule has 16 heavy (non-hydrogen) atoms. The van der Waals surface area contributed by atoms with Crippen molar-refractivity contribution < 1.29 is 8.42 Å². The molecule has 5 nitrogen and oxygen atoms in total. The number of rotatable bonds is 6. The summed E-state index contributed by atoms with van der Waals surface area (Å²) >= 11 is 0. The first-order valence-corrected chi connectivity index (χ1v) is 6.66. The lowest BCUT2D eigenvalue weighted by Crippen LogP contribution is -2.22.